The monoisotopic (exact) mass is 480 g/mol. The van der Waals surface area contributed by atoms with Crippen molar-refractivity contribution in [3.8, 4) is 5.75 Å². The summed E-state index contributed by atoms with van der Waals surface area (Å²) in [6.45, 7) is 6.59. The number of rotatable bonds is 3. The number of fused-ring (bicyclic) bond motifs is 1. The molecule has 3 aliphatic rings. The van der Waals surface area contributed by atoms with Gasteiger partial charge in [0, 0.05) is 50.9 Å². The molecule has 0 N–H and O–H groups in total. The number of para-hydroxylation sites is 2. The number of benzene rings is 2. The minimum absolute atomic E-state index is 0.00184. The molecule has 2 aromatic rings. The average molecular weight is 481 g/mol. The molecule has 2 aromatic carbocycles. The Kier molecular flexibility index (Phi) is 6.79. The molecule has 0 saturated carbocycles. The van der Waals surface area contributed by atoms with Crippen LogP contribution in [0.1, 0.15) is 26.2 Å². The van der Waals surface area contributed by atoms with Crippen molar-refractivity contribution < 1.29 is 18.7 Å². The number of hydrogen-bond donors (Lipinski definition) is 0. The first-order chi connectivity index (χ1) is 17.0. The normalized spacial score (nSPS) is 20.9. The number of urea groups is 1. The van der Waals surface area contributed by atoms with Gasteiger partial charge >= 0.3 is 6.03 Å². The smallest absolute Gasteiger partial charge is 0.324 e. The summed E-state index contributed by atoms with van der Waals surface area (Å²) in [6.07, 6.45) is 2.20. The summed E-state index contributed by atoms with van der Waals surface area (Å²) in [5, 5.41) is 0. The highest BCUT2D eigenvalue weighted by molar-refractivity contribution is 5.94. The van der Waals surface area contributed by atoms with Gasteiger partial charge in [-0.3, -0.25) is 9.69 Å². The van der Waals surface area contributed by atoms with Crippen molar-refractivity contribution in [2.24, 2.45) is 5.92 Å². The minimum atomic E-state index is -0.240. The molecule has 5 rings (SSSR count). The lowest BCUT2D eigenvalue weighted by molar-refractivity contribution is -0.137. The first-order valence-corrected chi connectivity index (χ1v) is 12.6. The van der Waals surface area contributed by atoms with E-state index < -0.39 is 0 Å². The summed E-state index contributed by atoms with van der Waals surface area (Å²) in [5.74, 6) is 0.662. The molecule has 0 radical (unpaired) electrons. The molecule has 0 aliphatic carbocycles. The Morgan fingerprint density at radius 2 is 1.60 bits per heavy atom. The van der Waals surface area contributed by atoms with Gasteiger partial charge in [-0.1, -0.05) is 19.1 Å². The van der Waals surface area contributed by atoms with Gasteiger partial charge in [-0.15, -0.1) is 0 Å². The number of likely N-dealkylation sites (tertiary alicyclic amines) is 1. The van der Waals surface area contributed by atoms with E-state index in [2.05, 4.69) is 11.8 Å². The highest BCUT2D eigenvalue weighted by atomic mass is 19.1. The predicted molar refractivity (Wildman–Crippen MR) is 133 cm³/mol. The van der Waals surface area contributed by atoms with Crippen molar-refractivity contribution in [1.29, 1.82) is 0 Å². The molecule has 3 aliphatic heterocycles. The SMILES string of the molecule is CC[C@H]1CN(C(=O)N2CCC(C(=O)N3CCN(c4ccc(F)cc4)CC3)CC2)c2ccccc2O1. The van der Waals surface area contributed by atoms with Gasteiger partial charge in [0.2, 0.25) is 5.91 Å². The first kappa shape index (κ1) is 23.5. The van der Waals surface area contributed by atoms with E-state index >= 15 is 0 Å². The number of hydrogen-bond acceptors (Lipinski definition) is 4. The minimum Gasteiger partial charge on any atom is -0.486 e. The van der Waals surface area contributed by atoms with Crippen LogP contribution in [0, 0.1) is 11.7 Å². The van der Waals surface area contributed by atoms with Gasteiger partial charge in [-0.05, 0) is 55.7 Å². The molecule has 0 spiro atoms. The standard InChI is InChI=1S/C27H33FN4O3/c1-2-23-19-32(24-5-3-4-6-25(24)35-23)27(34)31-13-11-20(12-14-31)26(33)30-17-15-29(16-18-30)22-9-7-21(28)8-10-22/h3-10,20,23H,2,11-19H2,1H3/t23-/m0/s1. The molecule has 35 heavy (non-hydrogen) atoms. The molecular formula is C27H33FN4O3. The van der Waals surface area contributed by atoms with Crippen molar-refractivity contribution in [2.75, 3.05) is 55.6 Å². The summed E-state index contributed by atoms with van der Waals surface area (Å²) in [6, 6.07) is 14.2. The Morgan fingerprint density at radius 3 is 2.29 bits per heavy atom. The van der Waals surface area contributed by atoms with Crippen LogP contribution < -0.4 is 14.5 Å². The highest BCUT2D eigenvalue weighted by Gasteiger charge is 2.36. The van der Waals surface area contributed by atoms with Crippen LogP contribution in [0.2, 0.25) is 0 Å². The molecule has 0 unspecified atom stereocenters. The number of piperazine rings is 1. The summed E-state index contributed by atoms with van der Waals surface area (Å²) in [4.78, 5) is 34.5. The number of nitrogens with zero attached hydrogens (tertiary/aromatic N) is 4. The van der Waals surface area contributed by atoms with E-state index in [0.717, 1.165) is 36.6 Å². The van der Waals surface area contributed by atoms with E-state index in [-0.39, 0.29) is 29.8 Å². The average Bonchev–Trinajstić information content (AvgIpc) is 2.92. The van der Waals surface area contributed by atoms with Crippen LogP contribution in [-0.2, 0) is 4.79 Å². The fraction of sp³-hybridized carbons (Fsp3) is 0.481. The lowest BCUT2D eigenvalue weighted by Crippen LogP contribution is -2.54. The van der Waals surface area contributed by atoms with Gasteiger partial charge in [-0.25, -0.2) is 9.18 Å². The topological polar surface area (TPSA) is 56.3 Å². The van der Waals surface area contributed by atoms with Crippen LogP contribution in [0.15, 0.2) is 48.5 Å². The van der Waals surface area contributed by atoms with Crippen molar-refractivity contribution >= 4 is 23.3 Å². The summed E-state index contributed by atoms with van der Waals surface area (Å²) in [5.41, 5.74) is 1.81. The second-order valence-corrected chi connectivity index (χ2v) is 9.56. The van der Waals surface area contributed by atoms with Crippen LogP contribution >= 0.6 is 0 Å². The summed E-state index contributed by atoms with van der Waals surface area (Å²) in [7, 11) is 0. The van der Waals surface area contributed by atoms with E-state index in [1.165, 1.54) is 12.1 Å². The Bertz CT molecular complexity index is 1050. The van der Waals surface area contributed by atoms with Crippen molar-refractivity contribution in [2.45, 2.75) is 32.3 Å². The van der Waals surface area contributed by atoms with Gasteiger partial charge in [-0.2, -0.15) is 0 Å². The Balaban J connectivity index is 1.15. The number of amides is 3. The third kappa shape index (κ3) is 4.92. The summed E-state index contributed by atoms with van der Waals surface area (Å²) < 4.78 is 19.2. The zero-order valence-electron chi connectivity index (χ0n) is 20.2. The molecule has 0 aromatic heterocycles. The van der Waals surface area contributed by atoms with Crippen LogP contribution in [0.4, 0.5) is 20.6 Å². The zero-order chi connectivity index (χ0) is 24.4. The molecule has 3 amide bonds. The van der Waals surface area contributed by atoms with E-state index in [9.17, 15) is 14.0 Å². The molecule has 1 atom stereocenters. The van der Waals surface area contributed by atoms with Crippen molar-refractivity contribution in [3.63, 3.8) is 0 Å². The maximum absolute atomic E-state index is 13.4. The summed E-state index contributed by atoms with van der Waals surface area (Å²) >= 11 is 0. The number of carbonyl (C=O) groups is 2. The fourth-order valence-corrected chi connectivity index (χ4v) is 5.28. The van der Waals surface area contributed by atoms with E-state index in [1.54, 1.807) is 12.1 Å². The number of halogens is 1. The lowest BCUT2D eigenvalue weighted by atomic mass is 9.95. The maximum Gasteiger partial charge on any atom is 0.324 e. The van der Waals surface area contributed by atoms with Crippen molar-refractivity contribution in [1.82, 2.24) is 9.80 Å². The lowest BCUT2D eigenvalue weighted by Gasteiger charge is -2.41. The van der Waals surface area contributed by atoms with Gasteiger partial charge in [0.1, 0.15) is 17.7 Å². The molecule has 8 heteroatoms. The van der Waals surface area contributed by atoms with Gasteiger partial charge in [0.15, 0.2) is 0 Å². The van der Waals surface area contributed by atoms with Gasteiger partial charge in [0.05, 0.1) is 12.2 Å². The first-order valence-electron chi connectivity index (χ1n) is 12.6. The van der Waals surface area contributed by atoms with E-state index in [0.29, 0.717) is 45.6 Å². The molecule has 2 fully saturated rings. The molecule has 186 valence electrons. The highest BCUT2D eigenvalue weighted by Crippen LogP contribution is 2.35. The molecule has 3 heterocycles. The number of anilines is 2. The van der Waals surface area contributed by atoms with E-state index in [4.69, 9.17) is 4.74 Å². The number of ether oxygens (including phenoxy) is 1. The Morgan fingerprint density at radius 1 is 0.914 bits per heavy atom. The second-order valence-electron chi connectivity index (χ2n) is 9.56. The quantitative estimate of drug-likeness (QED) is 0.667. The second kappa shape index (κ2) is 10.1. The van der Waals surface area contributed by atoms with E-state index in [1.807, 2.05) is 39.0 Å². The third-order valence-corrected chi connectivity index (χ3v) is 7.42. The third-order valence-electron chi connectivity index (χ3n) is 7.42. The van der Waals surface area contributed by atoms with Crippen LogP contribution in [0.25, 0.3) is 0 Å². The number of carbonyl (C=O) groups excluding carboxylic acids is 2. The predicted octanol–water partition coefficient (Wildman–Crippen LogP) is 3.98. The zero-order valence-corrected chi connectivity index (χ0v) is 20.2. The van der Waals surface area contributed by atoms with Gasteiger partial charge in [0.25, 0.3) is 0 Å². The molecule has 2 saturated heterocycles. The Labute approximate surface area is 206 Å². The Hall–Kier alpha value is -3.29. The molecular weight excluding hydrogens is 447 g/mol. The maximum atomic E-state index is 13.4. The van der Waals surface area contributed by atoms with Crippen LogP contribution in [0.5, 0.6) is 5.75 Å². The molecule has 7 nitrogen and oxygen atoms in total. The van der Waals surface area contributed by atoms with Gasteiger partial charge < -0.3 is 19.4 Å². The number of piperidine rings is 1. The molecule has 0 bridgehead atoms. The fourth-order valence-electron chi connectivity index (χ4n) is 5.28. The van der Waals surface area contributed by atoms with Crippen molar-refractivity contribution in [3.05, 3.63) is 54.3 Å². The largest absolute Gasteiger partial charge is 0.486 e. The van der Waals surface area contributed by atoms with Crippen LogP contribution in [0.3, 0.4) is 0 Å². The van der Waals surface area contributed by atoms with Crippen LogP contribution in [-0.4, -0.2) is 73.7 Å².